The Balaban J connectivity index is 0.00000480. The topological polar surface area (TPSA) is 64.1 Å². The molecule has 0 aliphatic carbocycles. The summed E-state index contributed by atoms with van der Waals surface area (Å²) in [7, 11) is 3.18. The number of hydrogen-bond donors (Lipinski definition) is 2. The number of hydrogen-bond acceptors (Lipinski definition) is 4. The van der Waals surface area contributed by atoms with Gasteiger partial charge in [-0.3, -0.25) is 4.99 Å². The molecule has 2 aromatic rings. The lowest BCUT2D eigenvalue weighted by molar-refractivity contribution is -0.153. The standard InChI is InChI=1S/C21H26F3N3O3.HI/c1-15(30-19-11-7-6-10-18(19)28-3)12-26-20(25-2)27-13-16-8-4-5-9-17(16)29-14-21(22,23)24;/h4-11,15H,12-14H2,1-3H3,(H2,25,26,27);1H. The number of nitrogens with zero attached hydrogens (tertiary/aromatic N) is 1. The maximum absolute atomic E-state index is 12.4. The lowest BCUT2D eigenvalue weighted by atomic mass is 10.2. The van der Waals surface area contributed by atoms with Crippen LogP contribution >= 0.6 is 24.0 Å². The van der Waals surface area contributed by atoms with Crippen molar-refractivity contribution in [1.29, 1.82) is 0 Å². The van der Waals surface area contributed by atoms with Gasteiger partial charge in [0.2, 0.25) is 0 Å². The quantitative estimate of drug-likeness (QED) is 0.274. The third kappa shape index (κ3) is 9.53. The van der Waals surface area contributed by atoms with Crippen LogP contribution in [0, 0.1) is 0 Å². The number of halogens is 4. The highest BCUT2D eigenvalue weighted by molar-refractivity contribution is 14.0. The molecule has 0 saturated heterocycles. The molecule has 31 heavy (non-hydrogen) atoms. The minimum absolute atomic E-state index is 0. The van der Waals surface area contributed by atoms with E-state index in [1.807, 2.05) is 31.2 Å². The van der Waals surface area contributed by atoms with Crippen molar-refractivity contribution < 1.29 is 27.4 Å². The first-order valence-corrected chi connectivity index (χ1v) is 9.34. The van der Waals surface area contributed by atoms with Crippen LogP contribution in [-0.2, 0) is 6.54 Å². The monoisotopic (exact) mass is 553 g/mol. The van der Waals surface area contributed by atoms with Gasteiger partial charge in [-0.25, -0.2) is 0 Å². The summed E-state index contributed by atoms with van der Waals surface area (Å²) in [6.07, 6.45) is -4.59. The first-order chi connectivity index (χ1) is 14.3. The van der Waals surface area contributed by atoms with Gasteiger partial charge in [-0.05, 0) is 25.1 Å². The molecule has 0 radical (unpaired) electrons. The van der Waals surface area contributed by atoms with Crippen LogP contribution in [0.3, 0.4) is 0 Å². The summed E-state index contributed by atoms with van der Waals surface area (Å²) < 4.78 is 53.3. The zero-order chi connectivity index (χ0) is 22.0. The molecule has 0 aliphatic heterocycles. The summed E-state index contributed by atoms with van der Waals surface area (Å²) in [6, 6.07) is 13.9. The third-order valence-electron chi connectivity index (χ3n) is 3.99. The van der Waals surface area contributed by atoms with Crippen molar-refractivity contribution in [3.63, 3.8) is 0 Å². The average molecular weight is 553 g/mol. The predicted octanol–water partition coefficient (Wildman–Crippen LogP) is 4.39. The molecule has 0 bridgehead atoms. The third-order valence-corrected chi connectivity index (χ3v) is 3.99. The van der Waals surface area contributed by atoms with Crippen LogP contribution in [0.2, 0.25) is 0 Å². The minimum atomic E-state index is -4.39. The molecule has 2 rings (SSSR count). The zero-order valence-electron chi connectivity index (χ0n) is 17.5. The molecule has 1 atom stereocenters. The van der Waals surface area contributed by atoms with Crippen molar-refractivity contribution in [3.8, 4) is 17.2 Å². The maximum Gasteiger partial charge on any atom is 0.422 e. The fourth-order valence-electron chi connectivity index (χ4n) is 2.56. The van der Waals surface area contributed by atoms with E-state index in [1.54, 1.807) is 32.4 Å². The molecule has 0 aliphatic rings. The van der Waals surface area contributed by atoms with Crippen molar-refractivity contribution >= 4 is 29.9 Å². The van der Waals surface area contributed by atoms with Crippen LogP contribution in [0.4, 0.5) is 13.2 Å². The van der Waals surface area contributed by atoms with Gasteiger partial charge in [-0.15, -0.1) is 24.0 Å². The second kappa shape index (κ2) is 13.1. The molecule has 0 amide bonds. The summed E-state index contributed by atoms with van der Waals surface area (Å²) in [4.78, 5) is 4.12. The fourth-order valence-corrected chi connectivity index (χ4v) is 2.56. The van der Waals surface area contributed by atoms with E-state index in [1.165, 1.54) is 6.07 Å². The molecule has 0 fully saturated rings. The first kappa shape index (κ1) is 26.7. The summed E-state index contributed by atoms with van der Waals surface area (Å²) in [5.41, 5.74) is 0.586. The molecule has 0 saturated carbocycles. The van der Waals surface area contributed by atoms with Gasteiger partial charge in [0.25, 0.3) is 0 Å². The van der Waals surface area contributed by atoms with E-state index in [-0.39, 0.29) is 42.4 Å². The van der Waals surface area contributed by atoms with E-state index in [4.69, 9.17) is 14.2 Å². The van der Waals surface area contributed by atoms with Crippen LogP contribution < -0.4 is 24.8 Å². The Hall–Kier alpha value is -2.37. The Labute approximate surface area is 197 Å². The van der Waals surface area contributed by atoms with Gasteiger partial charge in [0.15, 0.2) is 24.1 Å². The van der Waals surface area contributed by atoms with E-state index < -0.39 is 12.8 Å². The molecule has 2 aromatic carbocycles. The SMILES string of the molecule is CN=C(NCc1ccccc1OCC(F)(F)F)NCC(C)Oc1ccccc1OC.I. The van der Waals surface area contributed by atoms with E-state index >= 15 is 0 Å². The zero-order valence-corrected chi connectivity index (χ0v) is 19.9. The molecule has 172 valence electrons. The Kier molecular flexibility index (Phi) is 11.3. The summed E-state index contributed by atoms with van der Waals surface area (Å²) in [6.45, 7) is 1.25. The normalized spacial score (nSPS) is 12.4. The van der Waals surface area contributed by atoms with E-state index in [0.717, 1.165) is 0 Å². The number of methoxy groups -OCH3 is 1. The predicted molar refractivity (Wildman–Crippen MR) is 125 cm³/mol. The fraction of sp³-hybridized carbons (Fsp3) is 0.381. The summed E-state index contributed by atoms with van der Waals surface area (Å²) >= 11 is 0. The smallest absolute Gasteiger partial charge is 0.422 e. The number of para-hydroxylation sites is 3. The molecule has 0 aromatic heterocycles. The van der Waals surface area contributed by atoms with Gasteiger partial charge in [-0.2, -0.15) is 13.2 Å². The lowest BCUT2D eigenvalue weighted by Crippen LogP contribution is -2.41. The number of ether oxygens (including phenoxy) is 3. The number of guanidine groups is 1. The Morgan fingerprint density at radius 2 is 1.61 bits per heavy atom. The van der Waals surface area contributed by atoms with E-state index in [0.29, 0.717) is 29.6 Å². The van der Waals surface area contributed by atoms with Crippen LogP contribution in [0.15, 0.2) is 53.5 Å². The number of rotatable bonds is 9. The van der Waals surface area contributed by atoms with Crippen molar-refractivity contribution in [3.05, 3.63) is 54.1 Å². The van der Waals surface area contributed by atoms with Crippen molar-refractivity contribution in [2.45, 2.75) is 25.7 Å². The molecule has 6 nitrogen and oxygen atoms in total. The lowest BCUT2D eigenvalue weighted by Gasteiger charge is -2.19. The number of aliphatic imine (C=N–C) groups is 1. The summed E-state index contributed by atoms with van der Waals surface area (Å²) in [5.74, 6) is 1.93. The number of alkyl halides is 3. The molecule has 0 spiro atoms. The molecular formula is C21H27F3IN3O3. The van der Waals surface area contributed by atoms with E-state index in [9.17, 15) is 13.2 Å². The van der Waals surface area contributed by atoms with Crippen LogP contribution in [0.5, 0.6) is 17.2 Å². The van der Waals surface area contributed by atoms with Crippen LogP contribution in [0.1, 0.15) is 12.5 Å². The van der Waals surface area contributed by atoms with Crippen molar-refractivity contribution in [2.75, 3.05) is 27.3 Å². The molecule has 1 unspecified atom stereocenters. The first-order valence-electron chi connectivity index (χ1n) is 9.34. The van der Waals surface area contributed by atoms with Gasteiger partial charge in [-0.1, -0.05) is 30.3 Å². The van der Waals surface area contributed by atoms with Crippen molar-refractivity contribution in [1.82, 2.24) is 10.6 Å². The van der Waals surface area contributed by atoms with Crippen molar-refractivity contribution in [2.24, 2.45) is 4.99 Å². The second-order valence-corrected chi connectivity index (χ2v) is 6.40. The van der Waals surface area contributed by atoms with Gasteiger partial charge in [0.1, 0.15) is 11.9 Å². The van der Waals surface area contributed by atoms with Gasteiger partial charge < -0.3 is 24.8 Å². The molecule has 0 heterocycles. The highest BCUT2D eigenvalue weighted by Crippen LogP contribution is 2.26. The van der Waals surface area contributed by atoms with Gasteiger partial charge >= 0.3 is 6.18 Å². The average Bonchev–Trinajstić information content (AvgIpc) is 2.73. The summed E-state index contributed by atoms with van der Waals surface area (Å²) in [5, 5.41) is 6.19. The largest absolute Gasteiger partial charge is 0.493 e. The molecule has 2 N–H and O–H groups in total. The Bertz CT molecular complexity index is 835. The Morgan fingerprint density at radius 1 is 1.00 bits per heavy atom. The van der Waals surface area contributed by atoms with Crippen LogP contribution in [0.25, 0.3) is 0 Å². The highest BCUT2D eigenvalue weighted by atomic mass is 127. The maximum atomic E-state index is 12.4. The Morgan fingerprint density at radius 3 is 2.23 bits per heavy atom. The highest BCUT2D eigenvalue weighted by Gasteiger charge is 2.28. The van der Waals surface area contributed by atoms with E-state index in [2.05, 4.69) is 15.6 Å². The van der Waals surface area contributed by atoms with Crippen LogP contribution in [-0.4, -0.2) is 45.5 Å². The number of benzene rings is 2. The minimum Gasteiger partial charge on any atom is -0.493 e. The number of nitrogens with one attached hydrogen (secondary N) is 2. The second-order valence-electron chi connectivity index (χ2n) is 6.40. The molecular weight excluding hydrogens is 526 g/mol. The van der Waals surface area contributed by atoms with Gasteiger partial charge in [0, 0.05) is 19.2 Å². The molecule has 10 heteroatoms. The van der Waals surface area contributed by atoms with Gasteiger partial charge in [0.05, 0.1) is 13.7 Å².